The molecule has 0 bridgehead atoms. The van der Waals surface area contributed by atoms with Crippen molar-refractivity contribution in [1.29, 1.82) is 0 Å². The van der Waals surface area contributed by atoms with Gasteiger partial charge in [0.2, 0.25) is 5.78 Å². The molecule has 0 fully saturated rings. The van der Waals surface area contributed by atoms with E-state index in [1.807, 2.05) is 0 Å². The van der Waals surface area contributed by atoms with Crippen LogP contribution in [0.5, 0.6) is 0 Å². The van der Waals surface area contributed by atoms with E-state index in [9.17, 15) is 18.4 Å². The van der Waals surface area contributed by atoms with E-state index in [0.29, 0.717) is 11.1 Å². The van der Waals surface area contributed by atoms with Crippen molar-refractivity contribution in [3.05, 3.63) is 47.3 Å². The van der Waals surface area contributed by atoms with Crippen molar-refractivity contribution < 1.29 is 53.5 Å². The summed E-state index contributed by atoms with van der Waals surface area (Å²) in [6.45, 7) is 0. The van der Waals surface area contributed by atoms with Crippen LogP contribution in [-0.2, 0) is 25.1 Å². The molecule has 0 aliphatic heterocycles. The predicted molar refractivity (Wildman–Crippen MR) is 54.5 cm³/mol. The van der Waals surface area contributed by atoms with Crippen LogP contribution >= 0.6 is 0 Å². The molecule has 2 aliphatic carbocycles. The van der Waals surface area contributed by atoms with E-state index in [-0.39, 0.29) is 42.5 Å². The van der Waals surface area contributed by atoms with Crippen molar-refractivity contribution in [3.8, 4) is 0 Å². The maximum Gasteiger partial charge on any atom is 1.00 e. The summed E-state index contributed by atoms with van der Waals surface area (Å²) in [6, 6.07) is 0. The molecule has 0 aromatic carbocycles. The smallest absolute Gasteiger partial charge is 1.00 e. The molecule has 0 heterocycles. The molecule has 0 saturated heterocycles. The molecule has 0 N–H and O–H groups in total. The summed E-state index contributed by atoms with van der Waals surface area (Å²) in [4.78, 5) is 22.4. The second kappa shape index (κ2) is 5.70. The van der Waals surface area contributed by atoms with E-state index in [1.165, 1.54) is 24.3 Å². The second-order valence-electron chi connectivity index (χ2n) is 3.06. The summed E-state index contributed by atoms with van der Waals surface area (Å²) in [5, 5.41) is 0. The molecule has 0 aromatic rings. The summed E-state index contributed by atoms with van der Waals surface area (Å²) in [7, 11) is 0. The first-order valence-corrected chi connectivity index (χ1v) is 5.26. The Morgan fingerprint density at radius 3 is 2.53 bits per heavy atom. The number of hydrogen-bond donors (Lipinski definition) is 0. The largest absolute Gasteiger partial charge is 1.00 e. The number of rotatable bonds is 2. The van der Waals surface area contributed by atoms with Gasteiger partial charge in [-0.3, -0.25) is 9.59 Å². The van der Waals surface area contributed by atoms with Crippen LogP contribution in [0.3, 0.4) is 0 Å². The summed E-state index contributed by atoms with van der Waals surface area (Å²) >= 11 is -2.82. The number of ketones is 2. The molecule has 2 rings (SSSR count). The van der Waals surface area contributed by atoms with Crippen LogP contribution in [-0.4, -0.2) is 20.3 Å². The van der Waals surface area contributed by atoms with Gasteiger partial charge in [-0.2, -0.15) is 0 Å². The maximum absolute atomic E-state index is 11.4. The van der Waals surface area contributed by atoms with Gasteiger partial charge in [0.05, 0.1) is 0 Å². The standard InChI is InChI=1S/C10H6O5S.Na.H/c11-7-2-3-8-6(5-7)1-4-9(12)10(8)15-16(13)14;;/h1-5H,(H,13,14);;/q;+1;-1/p-1. The summed E-state index contributed by atoms with van der Waals surface area (Å²) in [5.41, 5.74) is 0.767. The summed E-state index contributed by atoms with van der Waals surface area (Å²) in [6.07, 6.45) is 6.50. The van der Waals surface area contributed by atoms with Crippen LogP contribution in [0.15, 0.2) is 47.3 Å². The van der Waals surface area contributed by atoms with Crippen LogP contribution in [0.2, 0.25) is 0 Å². The second-order valence-corrected chi connectivity index (χ2v) is 3.64. The molecule has 1 atom stereocenters. The Morgan fingerprint density at radius 1 is 1.18 bits per heavy atom. The first-order chi connectivity index (χ1) is 7.58. The molecule has 0 spiro atoms. The Labute approximate surface area is 123 Å². The van der Waals surface area contributed by atoms with E-state index in [0.717, 1.165) is 6.08 Å². The van der Waals surface area contributed by atoms with Crippen molar-refractivity contribution in [2.75, 3.05) is 0 Å². The minimum absolute atomic E-state index is 0. The third-order valence-electron chi connectivity index (χ3n) is 2.06. The molecule has 2 aliphatic rings. The molecule has 5 nitrogen and oxygen atoms in total. The maximum atomic E-state index is 11.4. The van der Waals surface area contributed by atoms with Gasteiger partial charge in [-0.1, -0.05) is 6.08 Å². The zero-order chi connectivity index (χ0) is 11.7. The average molecular weight is 261 g/mol. The quantitative estimate of drug-likeness (QED) is 0.401. The minimum Gasteiger partial charge on any atom is -1.00 e. The van der Waals surface area contributed by atoms with Crippen molar-refractivity contribution in [2.24, 2.45) is 0 Å². The molecule has 0 amide bonds. The van der Waals surface area contributed by atoms with E-state index >= 15 is 0 Å². The van der Waals surface area contributed by atoms with Gasteiger partial charge in [0.15, 0.2) is 11.5 Å². The van der Waals surface area contributed by atoms with E-state index in [4.69, 9.17) is 0 Å². The number of carbonyl (C=O) groups excluding carboxylic acids is 2. The van der Waals surface area contributed by atoms with Crippen LogP contribution in [0, 0.1) is 0 Å². The van der Waals surface area contributed by atoms with Gasteiger partial charge in [-0.15, -0.1) is 0 Å². The zero-order valence-electron chi connectivity index (χ0n) is 9.84. The Kier molecular flexibility index (Phi) is 4.79. The van der Waals surface area contributed by atoms with Gasteiger partial charge >= 0.3 is 29.6 Å². The Morgan fingerprint density at radius 2 is 1.88 bits per heavy atom. The zero-order valence-corrected chi connectivity index (χ0v) is 11.7. The Hall–Kier alpha value is -0.790. The van der Waals surface area contributed by atoms with Crippen LogP contribution in [0.25, 0.3) is 0 Å². The third kappa shape index (κ3) is 3.11. The predicted octanol–water partition coefficient (Wildman–Crippen LogP) is -2.63. The van der Waals surface area contributed by atoms with E-state index < -0.39 is 17.1 Å². The third-order valence-corrected chi connectivity index (χ3v) is 2.36. The molecule has 0 aromatic heterocycles. The van der Waals surface area contributed by atoms with Crippen molar-refractivity contribution in [1.82, 2.24) is 0 Å². The van der Waals surface area contributed by atoms with Crippen LogP contribution < -0.4 is 29.6 Å². The summed E-state index contributed by atoms with van der Waals surface area (Å²) < 4.78 is 25.2. The number of allylic oxidation sites excluding steroid dienone is 7. The Bertz CT molecular complexity index is 532. The van der Waals surface area contributed by atoms with E-state index in [2.05, 4.69) is 4.18 Å². The van der Waals surface area contributed by atoms with Crippen LogP contribution in [0.4, 0.5) is 0 Å². The molecular formula is C10H6NaO5S-. The fourth-order valence-electron chi connectivity index (χ4n) is 1.41. The number of fused-ring (bicyclic) bond motifs is 1. The van der Waals surface area contributed by atoms with Gasteiger partial charge in [-0.05, 0) is 29.9 Å². The average Bonchev–Trinajstić information content (AvgIpc) is 2.22. The van der Waals surface area contributed by atoms with Crippen molar-refractivity contribution >= 4 is 22.9 Å². The van der Waals surface area contributed by atoms with Crippen molar-refractivity contribution in [2.45, 2.75) is 0 Å². The summed E-state index contributed by atoms with van der Waals surface area (Å²) in [5.74, 6) is -1.05. The Balaban J connectivity index is 0.00000144. The SMILES string of the molecule is O=C1C=CC2=C(OS(=O)[O-])C(=O)C=CC2=C1.[H-].[Na+]. The number of carbonyl (C=O) groups is 2. The van der Waals surface area contributed by atoms with Gasteiger partial charge < -0.3 is 10.2 Å². The first kappa shape index (κ1) is 14.3. The fourth-order valence-corrected chi connectivity index (χ4v) is 1.72. The monoisotopic (exact) mass is 261 g/mol. The molecule has 17 heavy (non-hydrogen) atoms. The number of hydrogen-bond acceptors (Lipinski definition) is 5. The first-order valence-electron chi connectivity index (χ1n) is 4.26. The van der Waals surface area contributed by atoms with Crippen LogP contribution in [0.1, 0.15) is 1.43 Å². The topological polar surface area (TPSA) is 83.5 Å². The molecule has 84 valence electrons. The molecule has 0 saturated carbocycles. The molecule has 7 heteroatoms. The molecular weight excluding hydrogens is 255 g/mol. The fraction of sp³-hybridized carbons (Fsp3) is 0. The van der Waals surface area contributed by atoms with Gasteiger partial charge in [0.1, 0.15) is 11.4 Å². The molecule has 0 radical (unpaired) electrons. The normalized spacial score (nSPS) is 19.5. The van der Waals surface area contributed by atoms with Gasteiger partial charge in [-0.25, -0.2) is 4.21 Å². The van der Waals surface area contributed by atoms with E-state index in [1.54, 1.807) is 0 Å². The van der Waals surface area contributed by atoms with Gasteiger partial charge in [0.25, 0.3) is 0 Å². The molecule has 1 unspecified atom stereocenters. The minimum atomic E-state index is -2.82. The van der Waals surface area contributed by atoms with Crippen molar-refractivity contribution in [3.63, 3.8) is 0 Å². The van der Waals surface area contributed by atoms with Gasteiger partial charge in [0, 0.05) is 5.57 Å².